The number of ether oxygens (including phenoxy) is 10. The molecule has 20 heteroatoms. The third-order valence-corrected chi connectivity index (χ3v) is 42.2. The van der Waals surface area contributed by atoms with E-state index in [-0.39, 0.29) is 139 Å². The average Bonchev–Trinajstić information content (AvgIpc) is 1.52. The summed E-state index contributed by atoms with van der Waals surface area (Å²) >= 11 is 0. The number of hydrogen-bond acceptors (Lipinski definition) is 20. The van der Waals surface area contributed by atoms with Crippen LogP contribution in [0.4, 0.5) is 0 Å². The van der Waals surface area contributed by atoms with Gasteiger partial charge >= 0.3 is 59.7 Å². The summed E-state index contributed by atoms with van der Waals surface area (Å²) in [6.07, 6.45) is 27.5. The van der Waals surface area contributed by atoms with Gasteiger partial charge in [-0.1, -0.05) is 48.5 Å². The molecule has 676 valence electrons. The molecule has 23 rings (SSSR count). The first-order valence-corrected chi connectivity index (χ1v) is 49.5. The molecular formula is C102H148O20. The van der Waals surface area contributed by atoms with E-state index in [2.05, 4.69) is 34.6 Å². The lowest BCUT2D eigenvalue weighted by molar-refractivity contribution is -0.173. The van der Waals surface area contributed by atoms with E-state index in [4.69, 9.17) is 47.4 Å². The van der Waals surface area contributed by atoms with Crippen molar-refractivity contribution in [2.75, 3.05) is 33.0 Å². The molecule has 0 aromatic heterocycles. The van der Waals surface area contributed by atoms with Crippen LogP contribution >= 0.6 is 0 Å². The van der Waals surface area contributed by atoms with Crippen LogP contribution in [0.3, 0.4) is 0 Å². The van der Waals surface area contributed by atoms with Crippen molar-refractivity contribution in [3.05, 3.63) is 0 Å². The lowest BCUT2D eigenvalue weighted by atomic mass is 9.58. The summed E-state index contributed by atoms with van der Waals surface area (Å²) in [4.78, 5) is 123. The highest BCUT2D eigenvalue weighted by atomic mass is 16.6. The van der Waals surface area contributed by atoms with Gasteiger partial charge in [-0.15, -0.1) is 0 Å². The van der Waals surface area contributed by atoms with Crippen LogP contribution in [0.2, 0.25) is 0 Å². The molecule has 38 unspecified atom stereocenters. The molecule has 18 saturated carbocycles. The molecule has 18 bridgehead atoms. The van der Waals surface area contributed by atoms with Crippen LogP contribution in [0.5, 0.6) is 0 Å². The largest absolute Gasteiger partial charge is 0.465 e. The van der Waals surface area contributed by atoms with Gasteiger partial charge in [-0.3, -0.25) is 47.9 Å². The molecule has 5 saturated heterocycles. The second kappa shape index (κ2) is 29.9. The topological polar surface area (TPSA) is 263 Å². The maximum atomic E-state index is 12.7. The monoisotopic (exact) mass is 1690 g/mol. The Morgan fingerprint density at radius 3 is 1.02 bits per heavy atom. The minimum atomic E-state index is -0.453. The highest BCUT2D eigenvalue weighted by molar-refractivity contribution is 5.82. The Hall–Kier alpha value is -5.30. The van der Waals surface area contributed by atoms with Crippen LogP contribution in [-0.4, -0.2) is 123 Å². The first-order chi connectivity index (χ1) is 57.6. The third-order valence-electron chi connectivity index (χ3n) is 42.2. The van der Waals surface area contributed by atoms with Crippen molar-refractivity contribution in [1.29, 1.82) is 0 Å². The summed E-state index contributed by atoms with van der Waals surface area (Å²) in [5.74, 6) is 17.4. The lowest BCUT2D eigenvalue weighted by Crippen LogP contribution is -2.48. The Morgan fingerprint density at radius 2 is 0.631 bits per heavy atom. The molecule has 5 spiro atoms. The smallest absolute Gasteiger partial charge is 0.312 e. The van der Waals surface area contributed by atoms with E-state index < -0.39 is 10.8 Å². The highest BCUT2D eigenvalue weighted by Gasteiger charge is 2.77. The Balaban J connectivity index is 0.000000101. The second-order valence-corrected chi connectivity index (χ2v) is 49.1. The predicted octanol–water partition coefficient (Wildman–Crippen LogP) is 17.5. The molecule has 122 heavy (non-hydrogen) atoms. The summed E-state index contributed by atoms with van der Waals surface area (Å²) in [5, 5.41) is 0. The summed E-state index contributed by atoms with van der Waals surface area (Å²) < 4.78 is 57.0. The highest BCUT2D eigenvalue weighted by Crippen LogP contribution is 2.79. The molecule has 0 aromatic carbocycles. The predicted molar refractivity (Wildman–Crippen MR) is 447 cm³/mol. The SMILES string of the molecule is CCC(C)(C)C(=O)OC1C(C)C2CC1C1(CCOC1=O)C2.CCC(C)(C)C(=O)OC1C(C)C2CC1C1C2C2CC1C1(COC(=O)C1)C2.CCC(C)(C)C(=O)OC1CC2CC1C1C2C2CC1C1(COC(=O)C1)C2.CCC(C)(C)C(=O)OC1CC2CC1C1C3CC(C21)C1(CCOC1=O)C3.CCC(C)(C)C(=O)OC1CC2CC1C1C3CC(C21)C1(COC(=O)C1)C3. The van der Waals surface area contributed by atoms with Gasteiger partial charge in [0.25, 0.3) is 0 Å². The maximum Gasteiger partial charge on any atom is 0.312 e. The Bertz CT molecular complexity index is 4210. The van der Waals surface area contributed by atoms with Gasteiger partial charge in [0.15, 0.2) is 0 Å². The molecule has 5 aliphatic heterocycles. The summed E-state index contributed by atoms with van der Waals surface area (Å²) in [6, 6.07) is 0. The number of rotatable bonds is 15. The van der Waals surface area contributed by atoms with Gasteiger partial charge in [-0.05, 0) is 383 Å². The molecule has 0 aromatic rings. The van der Waals surface area contributed by atoms with Crippen LogP contribution in [0.25, 0.3) is 0 Å². The van der Waals surface area contributed by atoms with E-state index in [1.165, 1.54) is 64.2 Å². The first-order valence-electron chi connectivity index (χ1n) is 49.5. The van der Waals surface area contributed by atoms with Crippen molar-refractivity contribution < 1.29 is 95.3 Å². The summed E-state index contributed by atoms with van der Waals surface area (Å²) in [6.45, 7) is 37.5. The fourth-order valence-electron chi connectivity index (χ4n) is 34.4. The molecule has 0 N–H and O–H groups in total. The Kier molecular flexibility index (Phi) is 21.1. The van der Waals surface area contributed by atoms with Crippen LogP contribution in [-0.2, 0) is 95.3 Å². The van der Waals surface area contributed by atoms with Gasteiger partial charge in [0, 0.05) is 22.2 Å². The van der Waals surface area contributed by atoms with Gasteiger partial charge in [-0.25, -0.2) is 0 Å². The van der Waals surface area contributed by atoms with Crippen molar-refractivity contribution >= 4 is 59.7 Å². The van der Waals surface area contributed by atoms with E-state index in [0.29, 0.717) is 165 Å². The molecule has 23 fully saturated rings. The minimum absolute atomic E-state index is 0.0000652. The molecule has 0 amide bonds. The quantitative estimate of drug-likeness (QED) is 0.0838. The lowest BCUT2D eigenvalue weighted by Gasteiger charge is -2.47. The molecule has 23 aliphatic rings. The molecule has 38 atom stereocenters. The number of carbonyl (C=O) groups excluding carboxylic acids is 10. The molecule has 0 radical (unpaired) electrons. The molecule has 20 nitrogen and oxygen atoms in total. The zero-order valence-electron chi connectivity index (χ0n) is 76.8. The zero-order valence-corrected chi connectivity index (χ0v) is 76.8. The Labute approximate surface area is 725 Å². The van der Waals surface area contributed by atoms with E-state index >= 15 is 0 Å². The number of cyclic esters (lactones) is 5. The van der Waals surface area contributed by atoms with E-state index in [9.17, 15) is 47.9 Å². The molecular weight excluding hydrogens is 1550 g/mol. The van der Waals surface area contributed by atoms with Crippen molar-refractivity contribution in [3.8, 4) is 0 Å². The second-order valence-electron chi connectivity index (χ2n) is 49.1. The fourth-order valence-corrected chi connectivity index (χ4v) is 34.4. The normalized spacial score (nSPS) is 48.6. The van der Waals surface area contributed by atoms with Gasteiger partial charge in [-0.2, -0.15) is 0 Å². The van der Waals surface area contributed by atoms with Crippen molar-refractivity contribution in [2.45, 2.75) is 322 Å². The van der Waals surface area contributed by atoms with Crippen LogP contribution in [0, 0.1) is 220 Å². The molecule has 5 heterocycles. The van der Waals surface area contributed by atoms with E-state index in [1.54, 1.807) is 0 Å². The average molecular weight is 1690 g/mol. The van der Waals surface area contributed by atoms with Gasteiger partial charge in [0.05, 0.1) is 90.2 Å². The molecule has 18 aliphatic carbocycles. The zero-order chi connectivity index (χ0) is 86.5. The van der Waals surface area contributed by atoms with Gasteiger partial charge in [0.1, 0.15) is 30.5 Å². The first kappa shape index (κ1) is 86.1. The summed E-state index contributed by atoms with van der Waals surface area (Å²) in [5.41, 5.74) is -2.13. The minimum Gasteiger partial charge on any atom is -0.465 e. The van der Waals surface area contributed by atoms with Gasteiger partial charge in [0.2, 0.25) is 0 Å². The maximum absolute atomic E-state index is 12.7. The van der Waals surface area contributed by atoms with Gasteiger partial charge < -0.3 is 47.4 Å². The number of fused-ring (bicyclic) bond motifs is 43. The Morgan fingerprint density at radius 1 is 0.311 bits per heavy atom. The standard InChI is InChI=1S/C22H32O4.3C21H30O4.C17H26O4/c1-5-21(3,4)20(24)26-19-11(2)13-7-14(19)18-15-6-12(17(13)18)8-22(15)9-16(23)25-10-22;1-4-20(2,3)19(23)25-15-7-11-5-13(15)17-12-6-14(18(11)17)21(8-12)9-16(22)24-10-21;1-4-20(2,3)19(23)25-15-7-11-5-13(15)18-14-6-12(17(11)18)8-21(14)9-16(22)24-10-21;1-4-20(2,3)18(22)25-15-9-11-7-13(15)16-12-8-14(17(11)16)21(10-12)5-6-24-19(21)23;1-5-16(3,4)14(18)21-13-10(2)11-8-12(13)17(9-11)6-7-20-15(17)19/h11-15,17-19H,5-10H2,1-4H3;2*11-15,17-18H,4-10H2,1-3H3;11-17H,4-10H2,1-3H3;10-13H,5-9H2,1-4H3. The van der Waals surface area contributed by atoms with E-state index in [0.717, 1.165) is 137 Å². The fraction of sp³-hybridized carbons (Fsp3) is 0.902. The van der Waals surface area contributed by atoms with E-state index in [1.807, 2.05) is 83.1 Å². The number of carbonyl (C=O) groups is 10. The van der Waals surface area contributed by atoms with Crippen LogP contribution in [0.15, 0.2) is 0 Å². The van der Waals surface area contributed by atoms with Crippen LogP contribution in [0.1, 0.15) is 291 Å². The number of hydrogen-bond donors (Lipinski definition) is 0. The third kappa shape index (κ3) is 13.0. The van der Waals surface area contributed by atoms with Crippen molar-refractivity contribution in [1.82, 2.24) is 0 Å². The summed E-state index contributed by atoms with van der Waals surface area (Å²) in [7, 11) is 0. The van der Waals surface area contributed by atoms with Crippen molar-refractivity contribution in [2.24, 2.45) is 220 Å². The number of esters is 10. The van der Waals surface area contributed by atoms with Crippen molar-refractivity contribution in [3.63, 3.8) is 0 Å². The van der Waals surface area contributed by atoms with Crippen LogP contribution < -0.4 is 0 Å².